The summed E-state index contributed by atoms with van der Waals surface area (Å²) in [6.07, 6.45) is -2.32. The maximum absolute atomic E-state index is 13.7. The topological polar surface area (TPSA) is 535 Å². The van der Waals surface area contributed by atoms with Crippen LogP contribution in [-0.4, -0.2) is 172 Å². The molecule has 0 bridgehead atoms. The van der Waals surface area contributed by atoms with Crippen molar-refractivity contribution in [2.75, 3.05) is 29.6 Å². The quantitative estimate of drug-likeness (QED) is 0.0163. The highest BCUT2D eigenvalue weighted by Gasteiger charge is 2.35. The van der Waals surface area contributed by atoms with Crippen LogP contribution >= 0.6 is 11.8 Å². The maximum Gasteiger partial charge on any atom is 0.327 e. The third-order valence-electron chi connectivity index (χ3n) is 9.95. The second-order valence-electron chi connectivity index (χ2n) is 15.7. The number of aliphatic carboxylic acids is 5. The number of benzene rings is 1. The van der Waals surface area contributed by atoms with Gasteiger partial charge in [-0.1, -0.05) is 0 Å². The van der Waals surface area contributed by atoms with Gasteiger partial charge in [0.1, 0.15) is 36.3 Å². The SMILES string of the molecule is CSCC(NC(=O)C(CC(=O)O)NC(=O)C(CC(=O)O)NC(=O)C(CCCN=C(N)N)NC(=O)C(CC(=O)O)NC(=O)CCC(NC(=O)c1ccc(NCc2cnc3nc(N)[nH]c(=O)c3n2)cc1)C(=O)O)C(=O)O. The third-order valence-corrected chi connectivity index (χ3v) is 10.6. The summed E-state index contributed by atoms with van der Waals surface area (Å²) in [6.45, 7) is -0.0757. The van der Waals surface area contributed by atoms with Gasteiger partial charge < -0.3 is 80.0 Å². The van der Waals surface area contributed by atoms with Gasteiger partial charge in [0.2, 0.25) is 35.5 Å². The van der Waals surface area contributed by atoms with E-state index in [9.17, 15) is 83.1 Å². The number of aromatic nitrogens is 4. The number of carboxylic acid groups (broad SMARTS) is 5. The van der Waals surface area contributed by atoms with Crippen LogP contribution in [0.3, 0.4) is 0 Å². The summed E-state index contributed by atoms with van der Waals surface area (Å²) < 4.78 is 0. The first-order valence-electron chi connectivity index (χ1n) is 21.7. The van der Waals surface area contributed by atoms with Gasteiger partial charge in [-0.2, -0.15) is 16.7 Å². The van der Waals surface area contributed by atoms with Crippen molar-refractivity contribution in [3.8, 4) is 0 Å². The van der Waals surface area contributed by atoms with Gasteiger partial charge in [-0.15, -0.1) is 0 Å². The average Bonchev–Trinajstić information content (AvgIpc) is 3.31. The van der Waals surface area contributed by atoms with E-state index in [-0.39, 0.29) is 53.9 Å². The van der Waals surface area contributed by atoms with E-state index in [1.807, 2.05) is 5.32 Å². The lowest BCUT2D eigenvalue weighted by Crippen LogP contribution is -2.59. The molecule has 3 rings (SSSR count). The van der Waals surface area contributed by atoms with Crippen molar-refractivity contribution in [2.24, 2.45) is 16.5 Å². The van der Waals surface area contributed by atoms with Crippen LogP contribution in [0.5, 0.6) is 0 Å². The molecule has 1 aromatic carbocycles. The molecule has 6 unspecified atom stereocenters. The Kier molecular flexibility index (Phi) is 22.9. The number of hydrogen-bond donors (Lipinski definition) is 16. The minimum Gasteiger partial charge on any atom is -0.481 e. The number of nitrogens with two attached hydrogens (primary N) is 3. The number of carboxylic acids is 5. The van der Waals surface area contributed by atoms with Crippen molar-refractivity contribution >= 4 is 106 Å². The summed E-state index contributed by atoms with van der Waals surface area (Å²) >= 11 is 1.01. The molecule has 3 aromatic rings. The molecule has 33 heteroatoms. The molecule has 0 aliphatic rings. The molecule has 32 nitrogen and oxygen atoms in total. The summed E-state index contributed by atoms with van der Waals surface area (Å²) in [7, 11) is 0. The van der Waals surface area contributed by atoms with Crippen LogP contribution < -0.4 is 60.0 Å². The highest BCUT2D eigenvalue weighted by atomic mass is 32.2. The Bertz CT molecular complexity index is 2680. The zero-order valence-corrected chi connectivity index (χ0v) is 39.8. The van der Waals surface area contributed by atoms with Crippen molar-refractivity contribution in [3.05, 3.63) is 52.1 Å². The van der Waals surface area contributed by atoms with Gasteiger partial charge in [0, 0.05) is 30.0 Å². The van der Waals surface area contributed by atoms with E-state index in [1.54, 1.807) is 0 Å². The molecule has 0 saturated heterocycles. The Morgan fingerprint density at radius 2 is 1.19 bits per heavy atom. The number of thioether (sulfide) groups is 1. The lowest BCUT2D eigenvalue weighted by Gasteiger charge is -2.26. The fourth-order valence-electron chi connectivity index (χ4n) is 6.38. The van der Waals surface area contributed by atoms with E-state index in [0.29, 0.717) is 11.4 Å². The predicted molar refractivity (Wildman–Crippen MR) is 257 cm³/mol. The molecule has 0 radical (unpaired) electrons. The highest BCUT2D eigenvalue weighted by molar-refractivity contribution is 7.98. The van der Waals surface area contributed by atoms with E-state index in [0.717, 1.165) is 11.8 Å². The molecule has 6 atom stereocenters. The normalized spacial score (nSPS) is 13.2. The van der Waals surface area contributed by atoms with Crippen molar-refractivity contribution in [1.82, 2.24) is 51.8 Å². The number of nitrogen functional groups attached to an aromatic ring is 1. The number of rotatable bonds is 31. The number of H-pyrrole nitrogens is 1. The number of nitrogens with zero attached hydrogens (tertiary/aromatic N) is 4. The van der Waals surface area contributed by atoms with Gasteiger partial charge >= 0.3 is 29.8 Å². The number of carbonyl (C=O) groups is 11. The van der Waals surface area contributed by atoms with Gasteiger partial charge in [-0.05, 0) is 49.8 Å². The maximum atomic E-state index is 13.7. The van der Waals surface area contributed by atoms with Crippen LogP contribution in [0, 0.1) is 0 Å². The molecule has 2 heterocycles. The van der Waals surface area contributed by atoms with Crippen molar-refractivity contribution in [2.45, 2.75) is 87.7 Å². The first-order chi connectivity index (χ1) is 34.9. The number of guanidine groups is 1. The third kappa shape index (κ3) is 19.9. The fraction of sp³-hybridized carbons (Fsp3) is 0.415. The Labute approximate surface area is 420 Å². The van der Waals surface area contributed by atoms with Crippen LogP contribution in [0.4, 0.5) is 11.6 Å². The van der Waals surface area contributed by atoms with Gasteiger partial charge in [-0.3, -0.25) is 57.9 Å². The molecule has 0 aliphatic heterocycles. The smallest absolute Gasteiger partial charge is 0.327 e. The molecule has 400 valence electrons. The number of anilines is 2. The first-order valence-corrected chi connectivity index (χ1v) is 23.1. The number of fused-ring (bicyclic) bond motifs is 1. The van der Waals surface area contributed by atoms with Crippen LogP contribution in [0.1, 0.15) is 61.0 Å². The minimum atomic E-state index is -2.09. The summed E-state index contributed by atoms with van der Waals surface area (Å²) in [5.74, 6) is -16.0. The molecule has 19 N–H and O–H groups in total. The fourth-order valence-corrected chi connectivity index (χ4v) is 6.94. The Hall–Kier alpha value is -9.17. The van der Waals surface area contributed by atoms with Crippen molar-refractivity contribution in [3.63, 3.8) is 0 Å². The second-order valence-corrected chi connectivity index (χ2v) is 16.6. The van der Waals surface area contributed by atoms with Crippen LogP contribution in [0.25, 0.3) is 11.2 Å². The average molecular weight is 1060 g/mol. The van der Waals surface area contributed by atoms with Crippen molar-refractivity contribution < 1.29 is 78.3 Å². The second kappa shape index (κ2) is 28.6. The van der Waals surface area contributed by atoms with Crippen LogP contribution in [0.15, 0.2) is 40.2 Å². The Balaban J connectivity index is 1.71. The van der Waals surface area contributed by atoms with E-state index < -0.39 is 146 Å². The van der Waals surface area contributed by atoms with Gasteiger partial charge in [0.25, 0.3) is 11.5 Å². The standard InChI is InChI=1S/C41H53N15O17S/c1-74-16-25(39(72)73)54-36(68)24(13-29(62)63)53-35(67)23(12-28(60)61)52-33(65)20(3-2-10-45-40(42)43)50-34(66)22(11-27(58)59)49-26(57)9-8-21(38(70)71)51-32(64)17-4-6-18(7-5-17)46-14-19-15-47-31-30(48-19)37(69)56-41(44)55-31/h4-7,15,20-25,46H,2-3,8-14,16H2,1H3,(H,49,57)(H,50,66)(H,51,64)(H,52,65)(H,53,67)(H,54,68)(H,58,59)(H,60,61)(H,62,63)(H,70,71)(H,72,73)(H4,42,43,45)(H3,44,47,55,56,69). The van der Waals surface area contributed by atoms with Crippen LogP contribution in [-0.2, 0) is 54.5 Å². The lowest BCUT2D eigenvalue weighted by molar-refractivity contribution is -0.144. The Morgan fingerprint density at radius 1 is 0.676 bits per heavy atom. The Morgan fingerprint density at radius 3 is 1.70 bits per heavy atom. The minimum absolute atomic E-state index is 0.000447. The summed E-state index contributed by atoms with van der Waals surface area (Å²) in [5.41, 5.74) is 16.5. The molecule has 0 spiro atoms. The van der Waals surface area contributed by atoms with Gasteiger partial charge in [-0.25, -0.2) is 19.6 Å². The largest absolute Gasteiger partial charge is 0.481 e. The van der Waals surface area contributed by atoms with E-state index in [4.69, 9.17) is 17.2 Å². The number of aromatic amines is 1. The zero-order valence-electron chi connectivity index (χ0n) is 39.0. The van der Waals surface area contributed by atoms with E-state index in [1.165, 1.54) is 36.7 Å². The molecule has 0 fully saturated rings. The molecule has 0 saturated carbocycles. The highest BCUT2D eigenvalue weighted by Crippen LogP contribution is 2.13. The van der Waals surface area contributed by atoms with E-state index >= 15 is 0 Å². The van der Waals surface area contributed by atoms with Gasteiger partial charge in [0.05, 0.1) is 37.7 Å². The predicted octanol–water partition coefficient (Wildman–Crippen LogP) is -4.78. The number of carbonyl (C=O) groups excluding carboxylic acids is 6. The summed E-state index contributed by atoms with van der Waals surface area (Å²) in [6, 6.07) is -5.36. The summed E-state index contributed by atoms with van der Waals surface area (Å²) in [5, 5.41) is 63.6. The number of nitrogens with one attached hydrogen (secondary N) is 8. The van der Waals surface area contributed by atoms with E-state index in [2.05, 4.69) is 56.8 Å². The molecule has 74 heavy (non-hydrogen) atoms. The molecular weight excluding hydrogens is 1010 g/mol. The summed E-state index contributed by atoms with van der Waals surface area (Å²) in [4.78, 5) is 169. The number of hydrogen-bond acceptors (Lipinski definition) is 19. The zero-order chi connectivity index (χ0) is 55.2. The molecular formula is C41H53N15O17S. The molecule has 6 amide bonds. The molecule has 2 aromatic heterocycles. The van der Waals surface area contributed by atoms with Gasteiger partial charge in [0.15, 0.2) is 17.1 Å². The van der Waals surface area contributed by atoms with Crippen LogP contribution in [0.2, 0.25) is 0 Å². The number of aliphatic imine (C=N–C) groups is 1. The van der Waals surface area contributed by atoms with Crippen molar-refractivity contribution in [1.29, 1.82) is 0 Å². The molecule has 0 aliphatic carbocycles. The number of amides is 6. The first kappa shape index (κ1) is 59.1. The lowest BCUT2D eigenvalue weighted by atomic mass is 10.1. The monoisotopic (exact) mass is 1060 g/mol.